The lowest BCUT2D eigenvalue weighted by molar-refractivity contribution is 0.179. The molecule has 0 saturated carbocycles. The molecule has 0 bridgehead atoms. The first-order valence-electron chi connectivity index (χ1n) is 1.96. The Kier molecular flexibility index (Phi) is 6.02. The Morgan fingerprint density at radius 3 is 3.00 bits per heavy atom. The van der Waals surface area contributed by atoms with Crippen molar-refractivity contribution in [2.24, 2.45) is 0 Å². The summed E-state index contributed by atoms with van der Waals surface area (Å²) < 4.78 is 0. The first kappa shape index (κ1) is 7.01. The minimum atomic E-state index is 0.529. The van der Waals surface area contributed by atoms with E-state index in [1.54, 1.807) is 11.8 Å². The van der Waals surface area contributed by atoms with Crippen molar-refractivity contribution in [1.29, 1.82) is 0 Å². The molecule has 0 aromatic rings. The topological polar surface area (TPSA) is 32.3 Å². The summed E-state index contributed by atoms with van der Waals surface area (Å²) in [6.45, 7) is 0.529. The molecule has 0 heterocycles. The highest BCUT2D eigenvalue weighted by atomic mass is 32.2. The number of hydrogen-bond acceptors (Lipinski definition) is 3. The van der Waals surface area contributed by atoms with Crippen molar-refractivity contribution in [1.82, 2.24) is 5.48 Å². The molecule has 0 aromatic heterocycles. The molecule has 0 rings (SSSR count). The zero-order valence-electron chi connectivity index (χ0n) is 4.22. The van der Waals surface area contributed by atoms with Gasteiger partial charge in [-0.15, -0.1) is 11.8 Å². The summed E-state index contributed by atoms with van der Waals surface area (Å²) in [6, 6.07) is 0. The van der Waals surface area contributed by atoms with E-state index in [0.29, 0.717) is 6.54 Å². The van der Waals surface area contributed by atoms with Gasteiger partial charge in [-0.2, -0.15) is 0 Å². The molecule has 0 saturated heterocycles. The van der Waals surface area contributed by atoms with Crippen molar-refractivity contribution >= 4 is 11.8 Å². The molecular formula is C4H9NOS. The maximum absolute atomic E-state index is 7.98. The van der Waals surface area contributed by atoms with Crippen LogP contribution in [0.4, 0.5) is 0 Å². The van der Waals surface area contributed by atoms with Crippen LogP contribution in [0.3, 0.4) is 0 Å². The minimum absolute atomic E-state index is 0.529. The van der Waals surface area contributed by atoms with Crippen molar-refractivity contribution in [2.45, 2.75) is 0 Å². The maximum Gasteiger partial charge on any atom is 0.0396 e. The molecule has 0 amide bonds. The molecule has 3 heteroatoms. The fourth-order valence-corrected chi connectivity index (χ4v) is 0.486. The van der Waals surface area contributed by atoms with E-state index in [4.69, 9.17) is 5.21 Å². The molecule has 42 valence electrons. The van der Waals surface area contributed by atoms with Crippen LogP contribution >= 0.6 is 11.8 Å². The lowest BCUT2D eigenvalue weighted by Crippen LogP contribution is -2.04. The summed E-state index contributed by atoms with van der Waals surface area (Å²) in [5, 5.41) is 9.89. The number of hydroxylamine groups is 1. The molecule has 0 aliphatic carbocycles. The zero-order chi connectivity index (χ0) is 5.54. The summed E-state index contributed by atoms with van der Waals surface area (Å²) in [4.78, 5) is 0. The average molecular weight is 119 g/mol. The molecule has 0 fully saturated rings. The van der Waals surface area contributed by atoms with Crippen LogP contribution in [-0.4, -0.2) is 18.0 Å². The van der Waals surface area contributed by atoms with E-state index in [1.165, 1.54) is 0 Å². The first-order valence-corrected chi connectivity index (χ1v) is 3.25. The molecular weight excluding hydrogens is 110 g/mol. The highest BCUT2D eigenvalue weighted by molar-refractivity contribution is 8.01. The van der Waals surface area contributed by atoms with Gasteiger partial charge in [0.15, 0.2) is 0 Å². The fraction of sp³-hybridized carbons (Fsp3) is 0.500. The standard InChI is InChI=1S/C4H9NOS/c1-7-4-2-3-5-6/h2,4-6H,3H2,1H3/b4-2+. The molecule has 7 heavy (non-hydrogen) atoms. The van der Waals surface area contributed by atoms with E-state index in [1.807, 2.05) is 23.2 Å². The van der Waals surface area contributed by atoms with Crippen LogP contribution in [0.1, 0.15) is 0 Å². The summed E-state index contributed by atoms with van der Waals surface area (Å²) >= 11 is 1.61. The summed E-state index contributed by atoms with van der Waals surface area (Å²) in [5.41, 5.74) is 2.00. The SMILES string of the molecule is CS/C=C/CNO. The second-order valence-corrected chi connectivity index (χ2v) is 1.71. The Morgan fingerprint density at radius 1 is 1.86 bits per heavy atom. The van der Waals surface area contributed by atoms with Crippen LogP contribution in [0.5, 0.6) is 0 Å². The minimum Gasteiger partial charge on any atom is -0.317 e. The van der Waals surface area contributed by atoms with E-state index >= 15 is 0 Å². The molecule has 0 spiro atoms. The van der Waals surface area contributed by atoms with Crippen LogP contribution in [0, 0.1) is 0 Å². The van der Waals surface area contributed by atoms with E-state index < -0.39 is 0 Å². The van der Waals surface area contributed by atoms with Gasteiger partial charge in [0.1, 0.15) is 0 Å². The van der Waals surface area contributed by atoms with Crippen LogP contribution in [0.2, 0.25) is 0 Å². The summed E-state index contributed by atoms with van der Waals surface area (Å²) in [7, 11) is 0. The van der Waals surface area contributed by atoms with Gasteiger partial charge in [0.2, 0.25) is 0 Å². The van der Waals surface area contributed by atoms with Crippen molar-refractivity contribution in [3.05, 3.63) is 11.5 Å². The van der Waals surface area contributed by atoms with Crippen molar-refractivity contribution < 1.29 is 5.21 Å². The lowest BCUT2D eigenvalue weighted by Gasteiger charge is -1.82. The monoisotopic (exact) mass is 119 g/mol. The molecule has 0 unspecified atom stereocenters. The molecule has 2 nitrogen and oxygen atoms in total. The number of hydrogen-bond donors (Lipinski definition) is 2. The van der Waals surface area contributed by atoms with Crippen molar-refractivity contribution in [3.8, 4) is 0 Å². The van der Waals surface area contributed by atoms with Gasteiger partial charge >= 0.3 is 0 Å². The predicted molar refractivity (Wildman–Crippen MR) is 32.4 cm³/mol. The van der Waals surface area contributed by atoms with Gasteiger partial charge in [-0.05, 0) is 11.7 Å². The van der Waals surface area contributed by atoms with E-state index in [-0.39, 0.29) is 0 Å². The van der Waals surface area contributed by atoms with Crippen LogP contribution in [-0.2, 0) is 0 Å². The molecule has 0 aromatic carbocycles. The van der Waals surface area contributed by atoms with Crippen molar-refractivity contribution in [2.75, 3.05) is 12.8 Å². The van der Waals surface area contributed by atoms with Crippen LogP contribution < -0.4 is 5.48 Å². The van der Waals surface area contributed by atoms with Crippen LogP contribution in [0.25, 0.3) is 0 Å². The first-order chi connectivity index (χ1) is 3.41. The maximum atomic E-state index is 7.98. The van der Waals surface area contributed by atoms with Gasteiger partial charge in [-0.3, -0.25) is 0 Å². The van der Waals surface area contributed by atoms with Gasteiger partial charge in [0.05, 0.1) is 0 Å². The molecule has 2 N–H and O–H groups in total. The third-order valence-electron chi connectivity index (χ3n) is 0.441. The Labute approximate surface area is 47.6 Å². The Bertz CT molecular complexity index is 55.7. The second-order valence-electron chi connectivity index (χ2n) is 0.970. The molecule has 0 atom stereocenters. The largest absolute Gasteiger partial charge is 0.317 e. The summed E-state index contributed by atoms with van der Waals surface area (Å²) in [5.74, 6) is 0. The predicted octanol–water partition coefficient (Wildman–Crippen LogP) is 0.842. The van der Waals surface area contributed by atoms with E-state index in [9.17, 15) is 0 Å². The van der Waals surface area contributed by atoms with E-state index in [2.05, 4.69) is 0 Å². The normalized spacial score (nSPS) is 10.6. The smallest absolute Gasteiger partial charge is 0.0396 e. The average Bonchev–Trinajstić information content (AvgIpc) is 1.69. The van der Waals surface area contributed by atoms with Gasteiger partial charge in [0.25, 0.3) is 0 Å². The number of nitrogens with one attached hydrogen (secondary N) is 1. The van der Waals surface area contributed by atoms with Gasteiger partial charge in [-0.25, -0.2) is 5.48 Å². The Morgan fingerprint density at radius 2 is 2.57 bits per heavy atom. The molecule has 0 aliphatic rings. The highest BCUT2D eigenvalue weighted by Crippen LogP contribution is 1.90. The Hall–Kier alpha value is 0.01000. The quantitative estimate of drug-likeness (QED) is 0.540. The van der Waals surface area contributed by atoms with Crippen LogP contribution in [0.15, 0.2) is 11.5 Å². The molecule has 0 radical (unpaired) electrons. The second kappa shape index (κ2) is 6.01. The van der Waals surface area contributed by atoms with E-state index in [0.717, 1.165) is 0 Å². The van der Waals surface area contributed by atoms with Crippen molar-refractivity contribution in [3.63, 3.8) is 0 Å². The molecule has 0 aliphatic heterocycles. The van der Waals surface area contributed by atoms with Gasteiger partial charge in [-0.1, -0.05) is 6.08 Å². The third-order valence-corrected chi connectivity index (χ3v) is 0.906. The fourth-order valence-electron chi connectivity index (χ4n) is 0.197. The zero-order valence-corrected chi connectivity index (χ0v) is 5.03. The number of thioether (sulfide) groups is 1. The number of rotatable bonds is 3. The summed E-state index contributed by atoms with van der Waals surface area (Å²) in [6.07, 6.45) is 3.80. The highest BCUT2D eigenvalue weighted by Gasteiger charge is 1.66. The lowest BCUT2D eigenvalue weighted by atomic mass is 10.7. The Balaban J connectivity index is 2.78. The van der Waals surface area contributed by atoms with Gasteiger partial charge in [0, 0.05) is 6.54 Å². The third kappa shape index (κ3) is 6.01. The van der Waals surface area contributed by atoms with Gasteiger partial charge < -0.3 is 5.21 Å².